The summed E-state index contributed by atoms with van der Waals surface area (Å²) in [6.07, 6.45) is 4.52. The van der Waals surface area contributed by atoms with Gasteiger partial charge in [0.05, 0.1) is 40.6 Å². The standard InChI is InChI=1S/C22H19FN6O4S/c23-15-3-5-16(6-4-15)29-20-12-25-10-19(18(20)11-27-29)22(31)26-9-14-1-7-17(8-2-14)34(32,33)28-13-21(24)30/h1-8,10-12,28H,9,13H2,(H2,24,30)(H,26,31). The van der Waals surface area contributed by atoms with Crippen LogP contribution in [0.15, 0.2) is 72.0 Å². The molecular formula is C22H19FN6O4S. The van der Waals surface area contributed by atoms with E-state index in [1.165, 1.54) is 36.7 Å². The number of primary amides is 1. The SMILES string of the molecule is NC(=O)CNS(=O)(=O)c1ccc(CNC(=O)c2cncc3c2cnn3-c2ccc(F)cc2)cc1. The van der Waals surface area contributed by atoms with Crippen LogP contribution in [-0.4, -0.2) is 41.5 Å². The van der Waals surface area contributed by atoms with E-state index in [2.05, 4.69) is 20.1 Å². The summed E-state index contributed by atoms with van der Waals surface area (Å²) in [4.78, 5) is 27.7. The molecule has 0 saturated carbocycles. The molecule has 0 aliphatic heterocycles. The number of fused-ring (bicyclic) bond motifs is 1. The minimum atomic E-state index is -3.87. The van der Waals surface area contributed by atoms with Crippen molar-refractivity contribution in [1.29, 1.82) is 0 Å². The second-order valence-electron chi connectivity index (χ2n) is 7.27. The van der Waals surface area contributed by atoms with Gasteiger partial charge in [-0.25, -0.2) is 22.2 Å². The number of carbonyl (C=O) groups excluding carboxylic acids is 2. The van der Waals surface area contributed by atoms with E-state index in [4.69, 9.17) is 5.73 Å². The highest BCUT2D eigenvalue weighted by molar-refractivity contribution is 7.89. The molecule has 0 bridgehead atoms. The highest BCUT2D eigenvalue weighted by atomic mass is 32.2. The van der Waals surface area contributed by atoms with Crippen molar-refractivity contribution in [3.8, 4) is 5.69 Å². The first-order chi connectivity index (χ1) is 16.2. The summed E-state index contributed by atoms with van der Waals surface area (Å²) in [6.45, 7) is -0.367. The summed E-state index contributed by atoms with van der Waals surface area (Å²) in [5.41, 5.74) is 7.12. The summed E-state index contributed by atoms with van der Waals surface area (Å²) < 4.78 is 41.1. The normalized spacial score (nSPS) is 11.4. The molecule has 0 radical (unpaired) electrons. The molecule has 2 aromatic carbocycles. The Labute approximate surface area is 193 Å². The van der Waals surface area contributed by atoms with E-state index >= 15 is 0 Å². The molecule has 2 aromatic heterocycles. The molecule has 0 spiro atoms. The van der Waals surface area contributed by atoms with Crippen LogP contribution in [0.1, 0.15) is 15.9 Å². The van der Waals surface area contributed by atoms with Gasteiger partial charge in [0.2, 0.25) is 15.9 Å². The Balaban J connectivity index is 1.48. The first-order valence-electron chi connectivity index (χ1n) is 9.97. The van der Waals surface area contributed by atoms with Crippen LogP contribution in [-0.2, 0) is 21.4 Å². The van der Waals surface area contributed by atoms with Gasteiger partial charge in [-0.2, -0.15) is 5.10 Å². The van der Waals surface area contributed by atoms with Crippen molar-refractivity contribution in [2.75, 3.05) is 6.54 Å². The fourth-order valence-electron chi connectivity index (χ4n) is 3.22. The zero-order valence-electron chi connectivity index (χ0n) is 17.6. The molecular weight excluding hydrogens is 463 g/mol. The zero-order chi connectivity index (χ0) is 24.3. The Morgan fingerprint density at radius 1 is 1.00 bits per heavy atom. The van der Waals surface area contributed by atoms with Crippen LogP contribution in [0.4, 0.5) is 4.39 Å². The quantitative estimate of drug-likeness (QED) is 0.344. The number of benzene rings is 2. The average Bonchev–Trinajstić information content (AvgIpc) is 3.26. The van der Waals surface area contributed by atoms with Crippen LogP contribution in [0.2, 0.25) is 0 Å². The van der Waals surface area contributed by atoms with Gasteiger partial charge in [0, 0.05) is 18.1 Å². The monoisotopic (exact) mass is 482 g/mol. The number of nitrogens with two attached hydrogens (primary N) is 1. The number of hydrogen-bond donors (Lipinski definition) is 3. The lowest BCUT2D eigenvalue weighted by Gasteiger charge is -2.09. The Morgan fingerprint density at radius 2 is 1.71 bits per heavy atom. The average molecular weight is 482 g/mol. The van der Waals surface area contributed by atoms with Gasteiger partial charge in [-0.15, -0.1) is 0 Å². The van der Waals surface area contributed by atoms with Gasteiger partial charge in [0.1, 0.15) is 5.82 Å². The number of sulfonamides is 1. The number of nitrogens with zero attached hydrogens (tertiary/aromatic N) is 3. The van der Waals surface area contributed by atoms with Crippen molar-refractivity contribution in [1.82, 2.24) is 24.8 Å². The van der Waals surface area contributed by atoms with Crippen molar-refractivity contribution in [3.05, 3.63) is 84.1 Å². The van der Waals surface area contributed by atoms with Gasteiger partial charge in [0.25, 0.3) is 5.91 Å². The van der Waals surface area contributed by atoms with Gasteiger partial charge in [-0.1, -0.05) is 12.1 Å². The number of pyridine rings is 1. The second-order valence-corrected chi connectivity index (χ2v) is 9.04. The van der Waals surface area contributed by atoms with E-state index in [0.29, 0.717) is 27.7 Å². The molecule has 0 unspecified atom stereocenters. The number of halogens is 1. The van der Waals surface area contributed by atoms with Crippen molar-refractivity contribution in [2.45, 2.75) is 11.4 Å². The highest BCUT2D eigenvalue weighted by Crippen LogP contribution is 2.21. The lowest BCUT2D eigenvalue weighted by Crippen LogP contribution is -2.33. The number of amides is 2. The molecule has 2 heterocycles. The second kappa shape index (κ2) is 9.37. The summed E-state index contributed by atoms with van der Waals surface area (Å²) in [7, 11) is -3.87. The Bertz CT molecular complexity index is 1470. The first kappa shape index (κ1) is 23.0. The predicted molar refractivity (Wildman–Crippen MR) is 121 cm³/mol. The molecule has 0 saturated heterocycles. The van der Waals surface area contributed by atoms with Crippen LogP contribution in [0.5, 0.6) is 0 Å². The van der Waals surface area contributed by atoms with E-state index in [-0.39, 0.29) is 17.3 Å². The van der Waals surface area contributed by atoms with Gasteiger partial charge < -0.3 is 11.1 Å². The molecule has 4 aromatic rings. The van der Waals surface area contributed by atoms with Gasteiger partial charge >= 0.3 is 0 Å². The van der Waals surface area contributed by atoms with Crippen LogP contribution in [0, 0.1) is 5.82 Å². The Hall–Kier alpha value is -4.16. The number of carbonyl (C=O) groups is 2. The number of aromatic nitrogens is 3. The molecule has 4 rings (SSSR count). The first-order valence-corrected chi connectivity index (χ1v) is 11.5. The summed E-state index contributed by atoms with van der Waals surface area (Å²) in [5, 5.41) is 7.64. The maximum Gasteiger partial charge on any atom is 0.253 e. The van der Waals surface area contributed by atoms with Crippen molar-refractivity contribution in [2.24, 2.45) is 5.73 Å². The van der Waals surface area contributed by atoms with Crippen LogP contribution < -0.4 is 15.8 Å². The number of nitrogens with one attached hydrogen (secondary N) is 2. The topological polar surface area (TPSA) is 149 Å². The van der Waals surface area contributed by atoms with E-state index in [9.17, 15) is 22.4 Å². The Morgan fingerprint density at radius 3 is 2.38 bits per heavy atom. The largest absolute Gasteiger partial charge is 0.369 e. The molecule has 34 heavy (non-hydrogen) atoms. The number of hydrogen-bond acceptors (Lipinski definition) is 6. The fraction of sp³-hybridized carbons (Fsp3) is 0.0909. The summed E-state index contributed by atoms with van der Waals surface area (Å²) in [5.74, 6) is -1.56. The van der Waals surface area contributed by atoms with Gasteiger partial charge in [-0.05, 0) is 42.0 Å². The molecule has 0 atom stereocenters. The minimum absolute atomic E-state index is 0.0361. The molecule has 174 valence electrons. The van der Waals surface area contributed by atoms with Gasteiger partial charge in [-0.3, -0.25) is 14.6 Å². The van der Waals surface area contributed by atoms with Gasteiger partial charge in [0.15, 0.2) is 0 Å². The minimum Gasteiger partial charge on any atom is -0.369 e. The van der Waals surface area contributed by atoms with Crippen LogP contribution in [0.3, 0.4) is 0 Å². The van der Waals surface area contributed by atoms with Crippen molar-refractivity contribution in [3.63, 3.8) is 0 Å². The molecule has 12 heteroatoms. The predicted octanol–water partition coefficient (Wildman–Crippen LogP) is 1.25. The fourth-order valence-corrected chi connectivity index (χ4v) is 4.22. The summed E-state index contributed by atoms with van der Waals surface area (Å²) >= 11 is 0. The van der Waals surface area contributed by atoms with E-state index in [0.717, 1.165) is 0 Å². The van der Waals surface area contributed by atoms with Crippen molar-refractivity contribution < 1.29 is 22.4 Å². The molecule has 10 nitrogen and oxygen atoms in total. The zero-order valence-corrected chi connectivity index (χ0v) is 18.4. The number of rotatable bonds is 8. The molecule has 0 aliphatic carbocycles. The van der Waals surface area contributed by atoms with Crippen LogP contribution in [0.25, 0.3) is 16.6 Å². The van der Waals surface area contributed by atoms with Crippen LogP contribution >= 0.6 is 0 Å². The molecule has 0 fully saturated rings. The lowest BCUT2D eigenvalue weighted by molar-refractivity contribution is -0.116. The third kappa shape index (κ3) is 4.92. The Kier molecular flexibility index (Phi) is 6.34. The lowest BCUT2D eigenvalue weighted by atomic mass is 10.1. The summed E-state index contributed by atoms with van der Waals surface area (Å²) in [6, 6.07) is 11.6. The molecule has 4 N–H and O–H groups in total. The maximum atomic E-state index is 13.2. The van der Waals surface area contributed by atoms with E-state index < -0.39 is 28.4 Å². The third-order valence-corrected chi connectivity index (χ3v) is 6.35. The smallest absolute Gasteiger partial charge is 0.253 e. The highest BCUT2D eigenvalue weighted by Gasteiger charge is 2.16. The third-order valence-electron chi connectivity index (χ3n) is 4.94. The maximum absolute atomic E-state index is 13.2. The van der Waals surface area contributed by atoms with E-state index in [1.54, 1.807) is 35.1 Å². The molecule has 0 aliphatic rings. The van der Waals surface area contributed by atoms with Crippen molar-refractivity contribution >= 4 is 32.7 Å². The van der Waals surface area contributed by atoms with E-state index in [1.807, 2.05) is 0 Å². The molecule has 2 amide bonds.